The number of nitrogens with zero attached hydrogens (tertiary/aromatic N) is 1. The maximum absolute atomic E-state index is 5.58. The first-order valence-corrected chi connectivity index (χ1v) is 7.80. The van der Waals surface area contributed by atoms with Gasteiger partial charge in [0.05, 0.1) is 6.26 Å². The molecule has 1 N–H and O–H groups in total. The number of fused-ring (bicyclic) bond motifs is 1. The number of likely N-dealkylation sites (tertiary alicyclic amines) is 1. The van der Waals surface area contributed by atoms with Gasteiger partial charge in [-0.1, -0.05) is 18.2 Å². The summed E-state index contributed by atoms with van der Waals surface area (Å²) in [5, 5.41) is 4.86. The fourth-order valence-corrected chi connectivity index (χ4v) is 3.38. The van der Waals surface area contributed by atoms with Crippen LogP contribution in [0.2, 0.25) is 0 Å². The Balaban J connectivity index is 1.30. The minimum Gasteiger partial charge on any atom is -0.464 e. The molecule has 1 aromatic carbocycles. The van der Waals surface area contributed by atoms with Crippen LogP contribution in [-0.4, -0.2) is 30.6 Å². The minimum atomic E-state index is 0.828. The van der Waals surface area contributed by atoms with Gasteiger partial charge in [0, 0.05) is 30.1 Å². The van der Waals surface area contributed by atoms with Gasteiger partial charge < -0.3 is 14.6 Å². The molecule has 0 radical (unpaired) electrons. The number of nitrogens with one attached hydrogen (secondary N) is 1. The van der Waals surface area contributed by atoms with Crippen molar-refractivity contribution in [3.63, 3.8) is 0 Å². The van der Waals surface area contributed by atoms with Crippen molar-refractivity contribution in [1.82, 2.24) is 10.2 Å². The first-order chi connectivity index (χ1) is 9.90. The highest BCUT2D eigenvalue weighted by Gasteiger charge is 2.33. The van der Waals surface area contributed by atoms with Crippen LogP contribution in [0, 0.1) is 5.92 Å². The van der Waals surface area contributed by atoms with Gasteiger partial charge in [-0.2, -0.15) is 0 Å². The summed E-state index contributed by atoms with van der Waals surface area (Å²) in [5.74, 6) is 0.828. The van der Waals surface area contributed by atoms with E-state index in [1.807, 2.05) is 18.4 Å². The molecule has 1 saturated heterocycles. The Morgan fingerprint density at radius 2 is 2.10 bits per heavy atom. The van der Waals surface area contributed by atoms with E-state index in [1.54, 1.807) is 0 Å². The SMILES string of the molecule is c1ccc2c(CNCC3CCN(C4CC4)C3)coc2c1. The van der Waals surface area contributed by atoms with Crippen molar-refractivity contribution in [2.24, 2.45) is 5.92 Å². The van der Waals surface area contributed by atoms with E-state index in [4.69, 9.17) is 4.42 Å². The Hall–Kier alpha value is -1.32. The molecule has 4 rings (SSSR count). The molecule has 1 atom stereocenters. The van der Waals surface area contributed by atoms with Crippen molar-refractivity contribution in [1.29, 1.82) is 0 Å². The van der Waals surface area contributed by atoms with E-state index in [0.29, 0.717) is 0 Å². The van der Waals surface area contributed by atoms with Gasteiger partial charge in [-0.05, 0) is 44.3 Å². The maximum atomic E-state index is 5.58. The molecule has 2 heterocycles. The molecular weight excluding hydrogens is 248 g/mol. The Kier molecular flexibility index (Phi) is 3.25. The number of furan rings is 1. The summed E-state index contributed by atoms with van der Waals surface area (Å²) in [6.07, 6.45) is 6.11. The zero-order chi connectivity index (χ0) is 13.4. The van der Waals surface area contributed by atoms with Crippen molar-refractivity contribution < 1.29 is 4.42 Å². The van der Waals surface area contributed by atoms with Crippen LogP contribution in [0.3, 0.4) is 0 Å². The lowest BCUT2D eigenvalue weighted by atomic mass is 10.1. The van der Waals surface area contributed by atoms with Crippen LogP contribution in [0.25, 0.3) is 11.0 Å². The second kappa shape index (κ2) is 5.23. The zero-order valence-electron chi connectivity index (χ0n) is 11.8. The first-order valence-electron chi connectivity index (χ1n) is 7.80. The molecule has 1 aliphatic heterocycles. The summed E-state index contributed by atoms with van der Waals surface area (Å²) in [5.41, 5.74) is 2.27. The molecular formula is C17H22N2O. The molecule has 20 heavy (non-hydrogen) atoms. The van der Waals surface area contributed by atoms with Crippen molar-refractivity contribution in [2.75, 3.05) is 19.6 Å². The molecule has 0 spiro atoms. The van der Waals surface area contributed by atoms with E-state index in [2.05, 4.69) is 22.3 Å². The largest absolute Gasteiger partial charge is 0.464 e. The maximum Gasteiger partial charge on any atom is 0.134 e. The van der Waals surface area contributed by atoms with Crippen molar-refractivity contribution in [3.05, 3.63) is 36.1 Å². The number of benzene rings is 1. The summed E-state index contributed by atoms with van der Waals surface area (Å²) >= 11 is 0. The van der Waals surface area contributed by atoms with Gasteiger partial charge in [0.15, 0.2) is 0 Å². The van der Waals surface area contributed by atoms with Crippen molar-refractivity contribution >= 4 is 11.0 Å². The fourth-order valence-electron chi connectivity index (χ4n) is 3.38. The normalized spacial score (nSPS) is 23.7. The van der Waals surface area contributed by atoms with Crippen LogP contribution in [0.15, 0.2) is 34.9 Å². The second-order valence-electron chi connectivity index (χ2n) is 6.27. The number of hydrogen-bond acceptors (Lipinski definition) is 3. The lowest BCUT2D eigenvalue weighted by Crippen LogP contribution is -2.27. The van der Waals surface area contributed by atoms with Crippen molar-refractivity contribution in [3.8, 4) is 0 Å². The Morgan fingerprint density at radius 1 is 1.20 bits per heavy atom. The molecule has 2 fully saturated rings. The molecule has 2 aliphatic rings. The second-order valence-corrected chi connectivity index (χ2v) is 6.27. The number of rotatable bonds is 5. The predicted octanol–water partition coefficient (Wildman–Crippen LogP) is 3.01. The summed E-state index contributed by atoms with van der Waals surface area (Å²) in [6.45, 7) is 4.65. The molecule has 106 valence electrons. The van der Waals surface area contributed by atoms with Crippen LogP contribution in [0.5, 0.6) is 0 Å². The third-order valence-electron chi connectivity index (χ3n) is 4.69. The van der Waals surface area contributed by atoms with Gasteiger partial charge in [-0.25, -0.2) is 0 Å². The quantitative estimate of drug-likeness (QED) is 0.905. The van der Waals surface area contributed by atoms with E-state index in [-0.39, 0.29) is 0 Å². The van der Waals surface area contributed by atoms with Crippen LogP contribution in [0.4, 0.5) is 0 Å². The van der Waals surface area contributed by atoms with Gasteiger partial charge in [-0.15, -0.1) is 0 Å². The molecule has 0 amide bonds. The summed E-state index contributed by atoms with van der Waals surface area (Å²) in [7, 11) is 0. The predicted molar refractivity (Wildman–Crippen MR) is 80.6 cm³/mol. The highest BCUT2D eigenvalue weighted by molar-refractivity contribution is 5.80. The summed E-state index contributed by atoms with van der Waals surface area (Å²) < 4.78 is 5.58. The summed E-state index contributed by atoms with van der Waals surface area (Å²) in [4.78, 5) is 2.68. The zero-order valence-corrected chi connectivity index (χ0v) is 11.8. The van der Waals surface area contributed by atoms with Crippen molar-refractivity contribution in [2.45, 2.75) is 31.8 Å². The molecule has 1 saturated carbocycles. The number of para-hydroxylation sites is 1. The average molecular weight is 270 g/mol. The van der Waals surface area contributed by atoms with Crippen LogP contribution in [-0.2, 0) is 6.54 Å². The van der Waals surface area contributed by atoms with Gasteiger partial charge in [0.1, 0.15) is 5.58 Å². The first kappa shape index (κ1) is 12.4. The fraction of sp³-hybridized carbons (Fsp3) is 0.529. The van der Waals surface area contributed by atoms with Crippen LogP contribution < -0.4 is 5.32 Å². The minimum absolute atomic E-state index is 0.828. The third-order valence-corrected chi connectivity index (χ3v) is 4.69. The van der Waals surface area contributed by atoms with E-state index in [0.717, 1.165) is 30.6 Å². The molecule has 2 aromatic rings. The van der Waals surface area contributed by atoms with Gasteiger partial charge >= 0.3 is 0 Å². The van der Waals surface area contributed by atoms with Crippen LogP contribution >= 0.6 is 0 Å². The molecule has 1 aromatic heterocycles. The lowest BCUT2D eigenvalue weighted by Gasteiger charge is -2.15. The van der Waals surface area contributed by atoms with E-state index in [1.165, 1.54) is 43.3 Å². The van der Waals surface area contributed by atoms with Gasteiger partial charge in [0.2, 0.25) is 0 Å². The molecule has 1 aliphatic carbocycles. The smallest absolute Gasteiger partial charge is 0.134 e. The molecule has 0 bridgehead atoms. The third kappa shape index (κ3) is 2.48. The van der Waals surface area contributed by atoms with Gasteiger partial charge in [0.25, 0.3) is 0 Å². The van der Waals surface area contributed by atoms with Crippen LogP contribution in [0.1, 0.15) is 24.8 Å². The standard InChI is InChI=1S/C17H22N2O/c1-2-4-17-16(3-1)14(12-20-17)10-18-9-13-7-8-19(11-13)15-5-6-15/h1-4,12-13,15,18H,5-11H2. The summed E-state index contributed by atoms with van der Waals surface area (Å²) in [6, 6.07) is 9.20. The molecule has 3 nitrogen and oxygen atoms in total. The van der Waals surface area contributed by atoms with E-state index < -0.39 is 0 Å². The average Bonchev–Trinajstić information content (AvgIpc) is 3.09. The topological polar surface area (TPSA) is 28.4 Å². The lowest BCUT2D eigenvalue weighted by molar-refractivity contribution is 0.312. The van der Waals surface area contributed by atoms with E-state index >= 15 is 0 Å². The highest BCUT2D eigenvalue weighted by atomic mass is 16.3. The van der Waals surface area contributed by atoms with Gasteiger partial charge in [-0.3, -0.25) is 0 Å². The van der Waals surface area contributed by atoms with E-state index in [9.17, 15) is 0 Å². The number of hydrogen-bond donors (Lipinski definition) is 1. The Morgan fingerprint density at radius 3 is 3.00 bits per heavy atom. The molecule has 3 heteroatoms. The monoisotopic (exact) mass is 270 g/mol. The Bertz CT molecular complexity index is 587. The Labute approximate surface area is 119 Å². The highest BCUT2D eigenvalue weighted by Crippen LogP contribution is 2.31. The molecule has 1 unspecified atom stereocenters.